The van der Waals surface area contributed by atoms with Crippen LogP contribution in [0.15, 0.2) is 48.7 Å². The molecule has 0 bridgehead atoms. The predicted molar refractivity (Wildman–Crippen MR) is 110 cm³/mol. The molecule has 3 heterocycles. The Morgan fingerprint density at radius 2 is 2.07 bits per heavy atom. The van der Waals surface area contributed by atoms with Crippen LogP contribution in [0.1, 0.15) is 28.9 Å². The minimum absolute atomic E-state index is 0.153. The molecule has 1 aliphatic rings. The lowest BCUT2D eigenvalue weighted by atomic mass is 10.2. The molecule has 4 rings (SSSR count). The summed E-state index contributed by atoms with van der Waals surface area (Å²) in [6.45, 7) is 1.35. The molecule has 1 saturated heterocycles. The van der Waals surface area contributed by atoms with Gasteiger partial charge in [-0.15, -0.1) is 0 Å². The van der Waals surface area contributed by atoms with Crippen molar-refractivity contribution in [3.63, 3.8) is 0 Å². The minimum Gasteiger partial charge on any atom is -0.381 e. The molecule has 1 aliphatic heterocycles. The van der Waals surface area contributed by atoms with Gasteiger partial charge in [-0.3, -0.25) is 13.4 Å². The summed E-state index contributed by atoms with van der Waals surface area (Å²) >= 11 is 6.17. The van der Waals surface area contributed by atoms with E-state index < -0.39 is 10.8 Å². The molecular formula is C20H20ClN3O3S. The van der Waals surface area contributed by atoms with Gasteiger partial charge in [-0.1, -0.05) is 29.8 Å². The zero-order valence-electron chi connectivity index (χ0n) is 15.1. The van der Waals surface area contributed by atoms with E-state index in [1.54, 1.807) is 22.7 Å². The zero-order valence-corrected chi connectivity index (χ0v) is 16.7. The first-order valence-electron chi connectivity index (χ1n) is 9.09. The second kappa shape index (κ2) is 8.43. The average molecular weight is 418 g/mol. The van der Waals surface area contributed by atoms with E-state index in [2.05, 4.69) is 10.3 Å². The van der Waals surface area contributed by atoms with Gasteiger partial charge < -0.3 is 10.1 Å². The van der Waals surface area contributed by atoms with Gasteiger partial charge in [0.15, 0.2) is 10.8 Å². The zero-order chi connectivity index (χ0) is 19.5. The summed E-state index contributed by atoms with van der Waals surface area (Å²) in [6, 6.07) is 12.9. The number of hydrogen-bond acceptors (Lipinski definition) is 4. The Balaban J connectivity index is 1.49. The molecular weight excluding hydrogens is 398 g/mol. The normalized spacial score (nSPS) is 16.2. The molecule has 1 atom stereocenters. The number of carbonyl (C=O) groups is 1. The summed E-state index contributed by atoms with van der Waals surface area (Å²) in [4.78, 5) is 17.0. The molecule has 28 heavy (non-hydrogen) atoms. The van der Waals surface area contributed by atoms with E-state index in [-0.39, 0.29) is 22.0 Å². The monoisotopic (exact) mass is 417 g/mol. The van der Waals surface area contributed by atoms with Gasteiger partial charge >= 0.3 is 0 Å². The van der Waals surface area contributed by atoms with Gasteiger partial charge in [0.25, 0.3) is 5.91 Å². The number of ether oxygens (including phenoxy) is 1. The van der Waals surface area contributed by atoms with E-state index >= 15 is 0 Å². The molecule has 0 saturated carbocycles. The molecule has 2 aromatic heterocycles. The number of fused-ring (bicyclic) bond motifs is 1. The molecule has 0 aliphatic carbocycles. The number of rotatable bonds is 5. The molecule has 8 heteroatoms. The third kappa shape index (κ3) is 4.11. The Morgan fingerprint density at radius 1 is 1.25 bits per heavy atom. The van der Waals surface area contributed by atoms with Crippen LogP contribution in [0.3, 0.4) is 0 Å². The highest BCUT2D eigenvalue weighted by molar-refractivity contribution is 7.84. The fourth-order valence-electron chi connectivity index (χ4n) is 3.32. The second-order valence-electron chi connectivity index (χ2n) is 6.67. The number of nitrogens with one attached hydrogen (secondary N) is 1. The van der Waals surface area contributed by atoms with E-state index in [0.717, 1.165) is 18.4 Å². The quantitative estimate of drug-likeness (QED) is 0.687. The molecule has 0 radical (unpaired) electrons. The van der Waals surface area contributed by atoms with Crippen molar-refractivity contribution >= 4 is 39.6 Å². The molecule has 3 aromatic rings. The van der Waals surface area contributed by atoms with Crippen molar-refractivity contribution in [3.05, 3.63) is 65.1 Å². The lowest BCUT2D eigenvalue weighted by Crippen LogP contribution is -2.25. The fourth-order valence-corrected chi connectivity index (χ4v) is 5.05. The number of imidazole rings is 1. The first-order valence-corrected chi connectivity index (χ1v) is 10.9. The summed E-state index contributed by atoms with van der Waals surface area (Å²) in [6.07, 6.45) is 3.40. The molecule has 1 unspecified atom stereocenters. The van der Waals surface area contributed by atoms with Crippen LogP contribution in [0.4, 0.5) is 5.69 Å². The molecule has 1 fully saturated rings. The average Bonchev–Trinajstić information content (AvgIpc) is 3.04. The number of carbonyl (C=O) groups excluding carboxylic acids is 1. The largest absolute Gasteiger partial charge is 0.381 e. The van der Waals surface area contributed by atoms with Crippen LogP contribution in [0.25, 0.3) is 5.65 Å². The standard InChI is InChI=1S/C20H20ClN3O3S/c21-19-18(24-9-2-1-6-17(24)23-19)20(25)22-15-5-3-4-14(12-15)13-28(26)16-7-10-27-11-8-16/h1-6,9,12,16H,7-8,10-11,13H2,(H,22,25). The lowest BCUT2D eigenvalue weighted by molar-refractivity contribution is 0.0991. The van der Waals surface area contributed by atoms with Gasteiger partial charge in [0.1, 0.15) is 5.65 Å². The van der Waals surface area contributed by atoms with E-state index in [1.807, 2.05) is 30.3 Å². The Morgan fingerprint density at radius 3 is 2.89 bits per heavy atom. The maximum absolute atomic E-state index is 12.8. The highest BCUT2D eigenvalue weighted by atomic mass is 35.5. The first kappa shape index (κ1) is 19.1. The van der Waals surface area contributed by atoms with Crippen LogP contribution in [0.5, 0.6) is 0 Å². The maximum Gasteiger partial charge on any atom is 0.275 e. The molecule has 1 amide bonds. The predicted octanol–water partition coefficient (Wildman–Crippen LogP) is 3.67. The maximum atomic E-state index is 12.8. The number of halogens is 1. The Hall–Kier alpha value is -2.22. The van der Waals surface area contributed by atoms with Crippen molar-refractivity contribution < 1.29 is 13.7 Å². The summed E-state index contributed by atoms with van der Waals surface area (Å²) in [5.74, 6) is 0.122. The number of pyridine rings is 1. The summed E-state index contributed by atoms with van der Waals surface area (Å²) in [7, 11) is -0.958. The van der Waals surface area contributed by atoms with E-state index in [4.69, 9.17) is 16.3 Å². The molecule has 1 N–H and O–H groups in total. The fraction of sp³-hybridized carbons (Fsp3) is 0.300. The third-order valence-corrected chi connectivity index (χ3v) is 6.83. The van der Waals surface area contributed by atoms with Crippen LogP contribution < -0.4 is 5.32 Å². The highest BCUT2D eigenvalue weighted by Gasteiger charge is 2.21. The Labute approximate surface area is 170 Å². The summed E-state index contributed by atoms with van der Waals surface area (Å²) in [5.41, 5.74) is 2.45. The van der Waals surface area contributed by atoms with Gasteiger partial charge in [0.2, 0.25) is 0 Å². The number of amides is 1. The topological polar surface area (TPSA) is 72.7 Å². The lowest BCUT2D eigenvalue weighted by Gasteiger charge is -2.21. The van der Waals surface area contributed by atoms with Crippen molar-refractivity contribution in [2.75, 3.05) is 18.5 Å². The highest BCUT2D eigenvalue weighted by Crippen LogP contribution is 2.21. The molecule has 1 aromatic carbocycles. The number of hydrogen-bond donors (Lipinski definition) is 1. The van der Waals surface area contributed by atoms with Crippen molar-refractivity contribution in [2.45, 2.75) is 23.8 Å². The molecule has 6 nitrogen and oxygen atoms in total. The van der Waals surface area contributed by atoms with Crippen molar-refractivity contribution in [3.8, 4) is 0 Å². The van der Waals surface area contributed by atoms with Crippen molar-refractivity contribution in [1.82, 2.24) is 9.38 Å². The number of benzene rings is 1. The van der Waals surface area contributed by atoms with Gasteiger partial charge in [-0.25, -0.2) is 4.98 Å². The first-order chi connectivity index (χ1) is 13.6. The van der Waals surface area contributed by atoms with Gasteiger partial charge in [0.05, 0.1) is 0 Å². The third-order valence-electron chi connectivity index (χ3n) is 4.74. The number of anilines is 1. The smallest absolute Gasteiger partial charge is 0.275 e. The summed E-state index contributed by atoms with van der Waals surface area (Å²) in [5, 5.41) is 3.19. The van der Waals surface area contributed by atoms with Crippen LogP contribution in [0, 0.1) is 0 Å². The van der Waals surface area contributed by atoms with Crippen LogP contribution in [0.2, 0.25) is 5.15 Å². The van der Waals surface area contributed by atoms with Crippen LogP contribution in [-0.2, 0) is 21.3 Å². The second-order valence-corrected chi connectivity index (χ2v) is 8.75. The van der Waals surface area contributed by atoms with Gasteiger partial charge in [0, 0.05) is 46.9 Å². The molecule has 146 valence electrons. The number of nitrogens with zero attached hydrogens (tertiary/aromatic N) is 2. The Kier molecular flexibility index (Phi) is 5.75. The van der Waals surface area contributed by atoms with E-state index in [0.29, 0.717) is 30.3 Å². The number of aromatic nitrogens is 2. The van der Waals surface area contributed by atoms with Gasteiger partial charge in [-0.05, 0) is 42.7 Å². The summed E-state index contributed by atoms with van der Waals surface area (Å²) < 4.78 is 19.6. The van der Waals surface area contributed by atoms with Crippen molar-refractivity contribution in [1.29, 1.82) is 0 Å². The van der Waals surface area contributed by atoms with Gasteiger partial charge in [-0.2, -0.15) is 0 Å². The van der Waals surface area contributed by atoms with E-state index in [9.17, 15) is 9.00 Å². The van der Waals surface area contributed by atoms with Crippen LogP contribution >= 0.6 is 11.6 Å². The molecule has 0 spiro atoms. The van der Waals surface area contributed by atoms with Crippen molar-refractivity contribution in [2.24, 2.45) is 0 Å². The SMILES string of the molecule is O=C(Nc1cccc(CS(=O)C2CCOCC2)c1)c1c(Cl)nc2ccccn12. The van der Waals surface area contributed by atoms with Crippen LogP contribution in [-0.4, -0.2) is 38.0 Å². The Bertz CT molecular complexity index is 1030. The van der Waals surface area contributed by atoms with E-state index in [1.165, 1.54) is 0 Å². The minimum atomic E-state index is -0.958.